The third kappa shape index (κ3) is 5.86. The Hall–Kier alpha value is -1.76. The molecule has 0 saturated heterocycles. The normalized spacial score (nSPS) is 11.7. The van der Waals surface area contributed by atoms with E-state index in [1.54, 1.807) is 13.8 Å². The third-order valence-corrected chi connectivity index (χ3v) is 3.95. The highest BCUT2D eigenvalue weighted by molar-refractivity contribution is 5.98. The Bertz CT molecular complexity index is 629. The molecule has 1 aromatic rings. The molecule has 0 unspecified atom stereocenters. The summed E-state index contributed by atoms with van der Waals surface area (Å²) in [5.41, 5.74) is 0. The predicted molar refractivity (Wildman–Crippen MR) is 86.5 cm³/mol. The summed E-state index contributed by atoms with van der Waals surface area (Å²) >= 11 is 0. The van der Waals surface area contributed by atoms with Crippen LogP contribution in [-0.2, 0) is 13.9 Å². The van der Waals surface area contributed by atoms with E-state index in [4.69, 9.17) is 13.9 Å². The molecule has 1 aromatic carbocycles. The molecule has 0 spiro atoms. The van der Waals surface area contributed by atoms with Crippen molar-refractivity contribution in [1.82, 2.24) is 5.32 Å². The highest BCUT2D eigenvalue weighted by atomic mass is 28.2. The van der Waals surface area contributed by atoms with E-state index in [-0.39, 0.29) is 19.4 Å². The SMILES string of the molecule is CCOC(CCCNC(=O)Oc1c(F)c(F)c(F)c(F)c1F)(O[SiH3])OCC. The third-order valence-electron chi connectivity index (χ3n) is 3.33. The minimum atomic E-state index is -2.34. The van der Waals surface area contributed by atoms with E-state index in [1.165, 1.54) is 0 Å². The van der Waals surface area contributed by atoms with Crippen LogP contribution >= 0.6 is 0 Å². The predicted octanol–water partition coefficient (Wildman–Crippen LogP) is 2.27. The molecule has 1 N–H and O–H groups in total. The molecule has 0 atom stereocenters. The molecule has 0 saturated carbocycles. The van der Waals surface area contributed by atoms with Gasteiger partial charge < -0.3 is 24.0 Å². The standard InChI is InChI=1S/C15H20F5NO5Si/c1-3-23-15(26-27,24-4-2)6-5-7-21-14(22)25-13-11(19)9(17)8(16)10(18)12(13)20/h3-7H2,1-2,27H3,(H,21,22). The fraction of sp³-hybridized carbons (Fsp3) is 0.533. The lowest BCUT2D eigenvalue weighted by molar-refractivity contribution is -0.343. The highest BCUT2D eigenvalue weighted by Gasteiger charge is 2.31. The fourth-order valence-electron chi connectivity index (χ4n) is 2.14. The van der Waals surface area contributed by atoms with Gasteiger partial charge in [-0.25, -0.2) is 18.0 Å². The first kappa shape index (κ1) is 23.3. The number of hydrogen-bond donors (Lipinski definition) is 1. The van der Waals surface area contributed by atoms with Gasteiger partial charge >= 0.3 is 6.09 Å². The maximum absolute atomic E-state index is 13.5. The molecule has 0 bridgehead atoms. The van der Waals surface area contributed by atoms with Crippen molar-refractivity contribution in [3.05, 3.63) is 29.1 Å². The lowest BCUT2D eigenvalue weighted by atomic mass is 10.2. The Morgan fingerprint density at radius 2 is 1.44 bits per heavy atom. The van der Waals surface area contributed by atoms with Crippen LogP contribution in [-0.4, -0.2) is 42.3 Å². The van der Waals surface area contributed by atoms with E-state index in [0.29, 0.717) is 23.7 Å². The number of halogens is 5. The molecule has 0 radical (unpaired) electrons. The van der Waals surface area contributed by atoms with Gasteiger partial charge in [0.15, 0.2) is 10.5 Å². The maximum Gasteiger partial charge on any atom is 0.412 e. The van der Waals surface area contributed by atoms with E-state index >= 15 is 0 Å². The van der Waals surface area contributed by atoms with Gasteiger partial charge in [0, 0.05) is 26.2 Å². The Balaban J connectivity index is 2.65. The van der Waals surface area contributed by atoms with Crippen LogP contribution in [0, 0.1) is 29.1 Å². The summed E-state index contributed by atoms with van der Waals surface area (Å²) < 4.78 is 86.3. The second kappa shape index (κ2) is 10.5. The first-order valence-corrected chi connectivity index (χ1v) is 8.84. The quantitative estimate of drug-likeness (QED) is 0.158. The molecule has 1 amide bonds. The smallest absolute Gasteiger partial charge is 0.404 e. The molecule has 1 rings (SSSR count). The summed E-state index contributed by atoms with van der Waals surface area (Å²) in [6.45, 7) is 4.07. The van der Waals surface area contributed by atoms with E-state index < -0.39 is 46.9 Å². The number of benzene rings is 1. The molecule has 0 aliphatic carbocycles. The van der Waals surface area contributed by atoms with Gasteiger partial charge in [-0.15, -0.1) is 0 Å². The summed E-state index contributed by atoms with van der Waals surface area (Å²) in [6.07, 6.45) is -0.904. The molecular weight excluding hydrogens is 397 g/mol. The molecule has 0 heterocycles. The molecule has 6 nitrogen and oxygen atoms in total. The van der Waals surface area contributed by atoms with Gasteiger partial charge in [0.25, 0.3) is 5.97 Å². The molecule has 12 heteroatoms. The minimum Gasteiger partial charge on any atom is -0.404 e. The van der Waals surface area contributed by atoms with Crippen LogP contribution in [0.5, 0.6) is 5.75 Å². The molecule has 0 aliphatic heterocycles. The largest absolute Gasteiger partial charge is 0.412 e. The van der Waals surface area contributed by atoms with Crippen molar-refractivity contribution in [1.29, 1.82) is 0 Å². The Morgan fingerprint density at radius 1 is 0.963 bits per heavy atom. The Labute approximate surface area is 155 Å². The Morgan fingerprint density at radius 3 is 1.89 bits per heavy atom. The molecule has 0 aliphatic rings. The number of carbonyl (C=O) groups excluding carboxylic acids is 1. The van der Waals surface area contributed by atoms with E-state index in [2.05, 4.69) is 10.1 Å². The average molecular weight is 417 g/mol. The van der Waals surface area contributed by atoms with Gasteiger partial charge in [0.2, 0.25) is 34.8 Å². The average Bonchev–Trinajstić information content (AvgIpc) is 2.65. The maximum atomic E-state index is 13.5. The van der Waals surface area contributed by atoms with E-state index in [0.717, 1.165) is 0 Å². The summed E-state index contributed by atoms with van der Waals surface area (Å²) in [7, 11) is 0.321. The van der Waals surface area contributed by atoms with Crippen molar-refractivity contribution in [2.45, 2.75) is 32.7 Å². The van der Waals surface area contributed by atoms with Crippen LogP contribution in [0.15, 0.2) is 0 Å². The van der Waals surface area contributed by atoms with Crippen LogP contribution in [0.25, 0.3) is 0 Å². The Kier molecular flexibility index (Phi) is 9.09. The van der Waals surface area contributed by atoms with Crippen molar-refractivity contribution in [2.75, 3.05) is 19.8 Å². The van der Waals surface area contributed by atoms with Crippen LogP contribution in [0.1, 0.15) is 26.7 Å². The minimum absolute atomic E-state index is 0.0545. The number of ether oxygens (including phenoxy) is 3. The van der Waals surface area contributed by atoms with Gasteiger partial charge in [-0.05, 0) is 20.3 Å². The molecule has 0 fully saturated rings. The molecule has 0 aromatic heterocycles. The van der Waals surface area contributed by atoms with Gasteiger partial charge in [-0.1, -0.05) is 0 Å². The number of rotatable bonds is 10. The first-order chi connectivity index (χ1) is 12.7. The number of nitrogens with one attached hydrogen (secondary N) is 1. The number of amides is 1. The molecule has 154 valence electrons. The first-order valence-electron chi connectivity index (χ1n) is 8.03. The highest BCUT2D eigenvalue weighted by Crippen LogP contribution is 2.29. The summed E-state index contributed by atoms with van der Waals surface area (Å²) in [6, 6.07) is 0. The zero-order valence-corrected chi connectivity index (χ0v) is 17.0. The van der Waals surface area contributed by atoms with Gasteiger partial charge in [0.1, 0.15) is 0 Å². The lowest BCUT2D eigenvalue weighted by Crippen LogP contribution is -2.40. The number of hydrogen-bond acceptors (Lipinski definition) is 5. The topological polar surface area (TPSA) is 66.0 Å². The van der Waals surface area contributed by atoms with Gasteiger partial charge in [0.05, 0.1) is 0 Å². The van der Waals surface area contributed by atoms with Crippen molar-refractivity contribution >= 4 is 16.6 Å². The lowest BCUT2D eigenvalue weighted by Gasteiger charge is -2.31. The zero-order chi connectivity index (χ0) is 20.6. The molecular formula is C15H20F5NO5Si. The molecule has 27 heavy (non-hydrogen) atoms. The zero-order valence-electron chi connectivity index (χ0n) is 15.0. The number of carbonyl (C=O) groups is 1. The van der Waals surface area contributed by atoms with Crippen LogP contribution in [0.2, 0.25) is 0 Å². The fourth-order valence-corrected chi connectivity index (χ4v) is 2.58. The van der Waals surface area contributed by atoms with Gasteiger partial charge in [-0.3, -0.25) is 0 Å². The van der Waals surface area contributed by atoms with Crippen molar-refractivity contribution < 1.29 is 45.4 Å². The van der Waals surface area contributed by atoms with E-state index in [1.807, 2.05) is 0 Å². The van der Waals surface area contributed by atoms with E-state index in [9.17, 15) is 26.7 Å². The summed E-state index contributed by atoms with van der Waals surface area (Å²) in [4.78, 5) is 11.6. The monoisotopic (exact) mass is 417 g/mol. The second-order valence-electron chi connectivity index (χ2n) is 5.07. The van der Waals surface area contributed by atoms with Crippen molar-refractivity contribution in [3.63, 3.8) is 0 Å². The summed E-state index contributed by atoms with van der Waals surface area (Å²) in [5, 5.41) is 2.13. The van der Waals surface area contributed by atoms with Crippen molar-refractivity contribution in [2.24, 2.45) is 0 Å². The van der Waals surface area contributed by atoms with Crippen molar-refractivity contribution in [3.8, 4) is 5.75 Å². The van der Waals surface area contributed by atoms with Crippen LogP contribution in [0.3, 0.4) is 0 Å². The second-order valence-corrected chi connectivity index (χ2v) is 5.48. The van der Waals surface area contributed by atoms with Gasteiger partial charge in [-0.2, -0.15) is 8.78 Å². The van der Waals surface area contributed by atoms with Crippen LogP contribution < -0.4 is 10.1 Å². The van der Waals surface area contributed by atoms with Crippen LogP contribution in [0.4, 0.5) is 26.7 Å². The summed E-state index contributed by atoms with van der Waals surface area (Å²) in [5.74, 6) is -14.2.